The van der Waals surface area contributed by atoms with E-state index < -0.39 is 22.0 Å². The van der Waals surface area contributed by atoms with Crippen molar-refractivity contribution in [3.63, 3.8) is 0 Å². The molecule has 0 aliphatic carbocycles. The van der Waals surface area contributed by atoms with Crippen molar-refractivity contribution in [1.29, 1.82) is 0 Å². The zero-order valence-electron chi connectivity index (χ0n) is 11.5. The van der Waals surface area contributed by atoms with Crippen LogP contribution in [-0.2, 0) is 14.8 Å². The molecule has 20 heavy (non-hydrogen) atoms. The molecular weight excluding hydrogens is 296 g/mol. The van der Waals surface area contributed by atoms with Gasteiger partial charge in [-0.1, -0.05) is 18.9 Å². The molecule has 1 fully saturated rings. The van der Waals surface area contributed by atoms with Gasteiger partial charge in [0.25, 0.3) is 15.9 Å². The SMILES string of the molecule is C[C@@H](C(=O)NS(=O)(=O)c1cccs1)N1CCCCCC1. The first-order chi connectivity index (χ1) is 9.50. The third-order valence-electron chi connectivity index (χ3n) is 3.56. The molecular formula is C13H20N2O3S2. The maximum atomic E-state index is 12.1. The van der Waals surface area contributed by atoms with E-state index in [9.17, 15) is 13.2 Å². The minimum Gasteiger partial charge on any atom is -0.292 e. The molecule has 1 aromatic heterocycles. The molecule has 1 saturated heterocycles. The van der Waals surface area contributed by atoms with E-state index in [0.717, 1.165) is 37.3 Å². The number of hydrogen-bond donors (Lipinski definition) is 1. The van der Waals surface area contributed by atoms with Crippen LogP contribution < -0.4 is 4.72 Å². The van der Waals surface area contributed by atoms with Crippen molar-refractivity contribution in [3.8, 4) is 0 Å². The number of carbonyl (C=O) groups is 1. The fourth-order valence-corrected chi connectivity index (χ4v) is 4.37. The standard InChI is InChI=1S/C13H20N2O3S2/c1-11(15-8-4-2-3-5-9-15)13(16)14-20(17,18)12-7-6-10-19-12/h6-7,10-11H,2-5,8-9H2,1H3,(H,14,16)/t11-/m0/s1. The van der Waals surface area contributed by atoms with Crippen molar-refractivity contribution in [2.75, 3.05) is 13.1 Å². The summed E-state index contributed by atoms with van der Waals surface area (Å²) in [5, 5.41) is 1.68. The fourth-order valence-electron chi connectivity index (χ4n) is 2.33. The molecule has 1 atom stereocenters. The minimum absolute atomic E-state index is 0.175. The van der Waals surface area contributed by atoms with E-state index in [-0.39, 0.29) is 4.21 Å². The molecule has 2 heterocycles. The summed E-state index contributed by atoms with van der Waals surface area (Å²) >= 11 is 1.11. The third kappa shape index (κ3) is 3.80. The monoisotopic (exact) mass is 316 g/mol. The summed E-state index contributed by atoms with van der Waals surface area (Å²) in [5.41, 5.74) is 0. The van der Waals surface area contributed by atoms with Crippen LogP contribution in [0, 0.1) is 0 Å². The Morgan fingerprint density at radius 2 is 1.95 bits per heavy atom. The molecule has 1 aromatic rings. The molecule has 0 saturated carbocycles. The first kappa shape index (κ1) is 15.5. The van der Waals surface area contributed by atoms with Gasteiger partial charge in [-0.05, 0) is 44.3 Å². The fraction of sp³-hybridized carbons (Fsp3) is 0.615. The van der Waals surface area contributed by atoms with Crippen LogP contribution in [0.5, 0.6) is 0 Å². The molecule has 0 bridgehead atoms. The summed E-state index contributed by atoms with van der Waals surface area (Å²) in [6.45, 7) is 3.48. The highest BCUT2D eigenvalue weighted by atomic mass is 32.2. The van der Waals surface area contributed by atoms with Crippen LogP contribution in [0.1, 0.15) is 32.6 Å². The van der Waals surface area contributed by atoms with Crippen LogP contribution in [0.2, 0.25) is 0 Å². The van der Waals surface area contributed by atoms with Crippen molar-refractivity contribution >= 4 is 27.3 Å². The Kier molecular flexibility index (Phi) is 5.17. The van der Waals surface area contributed by atoms with Crippen LogP contribution in [0.4, 0.5) is 0 Å². The molecule has 1 amide bonds. The van der Waals surface area contributed by atoms with Gasteiger partial charge in [0.05, 0.1) is 6.04 Å². The molecule has 0 aromatic carbocycles. The third-order valence-corrected chi connectivity index (χ3v) is 6.31. The average molecular weight is 316 g/mol. The van der Waals surface area contributed by atoms with E-state index in [4.69, 9.17) is 0 Å². The van der Waals surface area contributed by atoms with Crippen molar-refractivity contribution in [1.82, 2.24) is 9.62 Å². The summed E-state index contributed by atoms with van der Waals surface area (Å²) in [6, 6.07) is 2.74. The Morgan fingerprint density at radius 1 is 1.30 bits per heavy atom. The number of thiophene rings is 1. The van der Waals surface area contributed by atoms with Gasteiger partial charge in [0, 0.05) is 0 Å². The highest BCUT2D eigenvalue weighted by Gasteiger charge is 2.26. The summed E-state index contributed by atoms with van der Waals surface area (Å²) in [4.78, 5) is 14.2. The number of nitrogens with one attached hydrogen (secondary N) is 1. The van der Waals surface area contributed by atoms with Gasteiger partial charge in [0.15, 0.2) is 0 Å². The van der Waals surface area contributed by atoms with E-state index in [1.807, 2.05) is 0 Å². The average Bonchev–Trinajstić information content (AvgIpc) is 2.82. The van der Waals surface area contributed by atoms with E-state index in [1.54, 1.807) is 18.4 Å². The van der Waals surface area contributed by atoms with Gasteiger partial charge < -0.3 is 0 Å². The zero-order chi connectivity index (χ0) is 14.6. The number of rotatable bonds is 4. The lowest BCUT2D eigenvalue weighted by atomic mass is 10.2. The molecule has 0 unspecified atom stereocenters. The second-order valence-electron chi connectivity index (χ2n) is 5.03. The van der Waals surface area contributed by atoms with Crippen LogP contribution in [0.3, 0.4) is 0 Å². The van der Waals surface area contributed by atoms with Crippen molar-refractivity contribution in [2.45, 2.75) is 42.9 Å². The molecule has 112 valence electrons. The van der Waals surface area contributed by atoms with Crippen molar-refractivity contribution in [3.05, 3.63) is 17.5 Å². The quantitative estimate of drug-likeness (QED) is 0.920. The van der Waals surface area contributed by atoms with Crippen LogP contribution in [-0.4, -0.2) is 38.4 Å². The minimum atomic E-state index is -3.72. The molecule has 1 aliphatic heterocycles. The molecule has 1 aliphatic rings. The largest absolute Gasteiger partial charge is 0.292 e. The summed E-state index contributed by atoms with van der Waals surface area (Å²) in [5.74, 6) is -0.444. The number of nitrogens with zero attached hydrogens (tertiary/aromatic N) is 1. The van der Waals surface area contributed by atoms with Crippen LogP contribution in [0.25, 0.3) is 0 Å². The highest BCUT2D eigenvalue weighted by Crippen LogP contribution is 2.16. The Balaban J connectivity index is 2.00. The summed E-state index contributed by atoms with van der Waals surface area (Å²) in [6.07, 6.45) is 4.49. The molecule has 5 nitrogen and oxygen atoms in total. The number of amides is 1. The predicted octanol–water partition coefficient (Wildman–Crippen LogP) is 1.82. The van der Waals surface area contributed by atoms with Gasteiger partial charge >= 0.3 is 0 Å². The van der Waals surface area contributed by atoms with Gasteiger partial charge in [-0.25, -0.2) is 13.1 Å². The maximum absolute atomic E-state index is 12.1. The zero-order valence-corrected chi connectivity index (χ0v) is 13.2. The highest BCUT2D eigenvalue weighted by molar-refractivity contribution is 7.92. The molecule has 7 heteroatoms. The van der Waals surface area contributed by atoms with Gasteiger partial charge in [0.1, 0.15) is 4.21 Å². The second kappa shape index (κ2) is 6.69. The molecule has 0 radical (unpaired) electrons. The number of hydrogen-bond acceptors (Lipinski definition) is 5. The second-order valence-corrected chi connectivity index (χ2v) is 7.88. The van der Waals surface area contributed by atoms with Gasteiger partial charge in [-0.2, -0.15) is 0 Å². The molecule has 1 N–H and O–H groups in total. The van der Waals surface area contributed by atoms with Gasteiger partial charge in [0.2, 0.25) is 0 Å². The normalized spacial score (nSPS) is 19.2. The van der Waals surface area contributed by atoms with Crippen LogP contribution >= 0.6 is 11.3 Å². The lowest BCUT2D eigenvalue weighted by Crippen LogP contribution is -2.47. The van der Waals surface area contributed by atoms with Crippen LogP contribution in [0.15, 0.2) is 21.7 Å². The first-order valence-corrected chi connectivity index (χ1v) is 9.21. The van der Waals surface area contributed by atoms with Crippen molar-refractivity contribution in [2.24, 2.45) is 0 Å². The lowest BCUT2D eigenvalue weighted by molar-refractivity contribution is -0.124. The van der Waals surface area contributed by atoms with E-state index >= 15 is 0 Å². The predicted molar refractivity (Wildman–Crippen MR) is 79.2 cm³/mol. The van der Waals surface area contributed by atoms with Crippen molar-refractivity contribution < 1.29 is 13.2 Å². The number of carbonyl (C=O) groups excluding carboxylic acids is 1. The summed E-state index contributed by atoms with van der Waals surface area (Å²) < 4.78 is 26.4. The first-order valence-electron chi connectivity index (χ1n) is 6.85. The Bertz CT molecular complexity index is 532. The smallest absolute Gasteiger partial charge is 0.273 e. The van der Waals surface area contributed by atoms with Gasteiger partial charge in [-0.3, -0.25) is 9.69 Å². The Labute approximate surface area is 124 Å². The number of sulfonamides is 1. The van der Waals surface area contributed by atoms with E-state index in [0.29, 0.717) is 0 Å². The Morgan fingerprint density at radius 3 is 2.50 bits per heavy atom. The number of likely N-dealkylation sites (tertiary alicyclic amines) is 1. The molecule has 0 spiro atoms. The van der Waals surface area contributed by atoms with Gasteiger partial charge in [-0.15, -0.1) is 11.3 Å². The van der Waals surface area contributed by atoms with E-state index in [2.05, 4.69) is 9.62 Å². The lowest BCUT2D eigenvalue weighted by Gasteiger charge is -2.26. The van der Waals surface area contributed by atoms with E-state index in [1.165, 1.54) is 18.9 Å². The summed E-state index contributed by atoms with van der Waals surface area (Å²) in [7, 11) is -3.72. The Hall–Kier alpha value is -0.920. The topological polar surface area (TPSA) is 66.5 Å². The molecule has 2 rings (SSSR count). The maximum Gasteiger partial charge on any atom is 0.273 e.